The van der Waals surface area contributed by atoms with E-state index in [1.54, 1.807) is 0 Å². The molecule has 0 aliphatic carbocycles. The monoisotopic (exact) mass is 228 g/mol. The molecule has 0 heterocycles. The molecule has 1 heteroatoms. The van der Waals surface area contributed by atoms with Gasteiger partial charge in [0.1, 0.15) is 0 Å². The molecule has 2 aromatic rings. The van der Waals surface area contributed by atoms with E-state index in [1.165, 1.54) is 16.7 Å². The van der Waals surface area contributed by atoms with Crippen molar-refractivity contribution in [3.63, 3.8) is 0 Å². The zero-order valence-corrected chi connectivity index (χ0v) is 10.00. The van der Waals surface area contributed by atoms with Crippen LogP contribution in [0.25, 0.3) is 0 Å². The van der Waals surface area contributed by atoms with Crippen LogP contribution in [0.1, 0.15) is 16.7 Å². The van der Waals surface area contributed by atoms with E-state index in [1.807, 2.05) is 30.3 Å². The number of hydrogen-bond acceptors (Lipinski definition) is 0. The molecular formula is C13H16Fe-6. The van der Waals surface area contributed by atoms with Crippen LogP contribution in [-0.2, 0) is 17.1 Å². The summed E-state index contributed by atoms with van der Waals surface area (Å²) in [6, 6.07) is 14.3. The Morgan fingerprint density at radius 2 is 1.43 bits per heavy atom. The summed E-state index contributed by atoms with van der Waals surface area (Å²) in [6.45, 7) is 6.44. The molecule has 0 amide bonds. The Morgan fingerprint density at radius 3 is 1.57 bits per heavy atom. The second-order valence-electron chi connectivity index (χ2n) is 3.29. The van der Waals surface area contributed by atoms with Crippen LogP contribution in [0.2, 0.25) is 0 Å². The summed E-state index contributed by atoms with van der Waals surface area (Å²) in [5, 5.41) is 0. The molecule has 0 saturated heterocycles. The van der Waals surface area contributed by atoms with E-state index in [4.69, 9.17) is 0 Å². The fourth-order valence-corrected chi connectivity index (χ4v) is 1.13. The molecular weight excluding hydrogens is 212 g/mol. The molecule has 0 radical (unpaired) electrons. The van der Waals surface area contributed by atoms with Crippen molar-refractivity contribution in [3.05, 3.63) is 59.2 Å². The zero-order valence-electron chi connectivity index (χ0n) is 8.90. The topological polar surface area (TPSA) is 0 Å². The molecule has 82 valence electrons. The Hall–Kier alpha value is -0.781. The van der Waals surface area contributed by atoms with Gasteiger partial charge in [-0.15, -0.1) is 0 Å². The van der Waals surface area contributed by atoms with Crippen LogP contribution in [0.4, 0.5) is 0 Å². The minimum absolute atomic E-state index is 0. The van der Waals surface area contributed by atoms with Crippen molar-refractivity contribution in [2.24, 2.45) is 0 Å². The van der Waals surface area contributed by atoms with E-state index < -0.39 is 0 Å². The van der Waals surface area contributed by atoms with Crippen molar-refractivity contribution >= 4 is 0 Å². The molecule has 2 aromatic carbocycles. The molecule has 2 rings (SSSR count). The van der Waals surface area contributed by atoms with Gasteiger partial charge in [0, 0.05) is 17.1 Å². The summed E-state index contributed by atoms with van der Waals surface area (Å²) in [5.41, 5.74) is 4.25. The number of hydrogen-bond donors (Lipinski definition) is 0. The van der Waals surface area contributed by atoms with Gasteiger partial charge in [-0.2, -0.15) is 22.8 Å². The summed E-state index contributed by atoms with van der Waals surface area (Å²) in [6.07, 6.45) is 0. The summed E-state index contributed by atoms with van der Waals surface area (Å²) >= 11 is 0. The van der Waals surface area contributed by atoms with Crippen LogP contribution < -0.4 is 0 Å². The van der Waals surface area contributed by atoms with Gasteiger partial charge in [-0.25, -0.2) is 6.07 Å². The first-order valence-electron chi connectivity index (χ1n) is 4.58. The fourth-order valence-electron chi connectivity index (χ4n) is 1.13. The largest absolute Gasteiger partial charge is 0.748 e. The van der Waals surface area contributed by atoms with Crippen molar-refractivity contribution < 1.29 is 17.1 Å². The van der Waals surface area contributed by atoms with Gasteiger partial charge in [0.2, 0.25) is 0 Å². The second-order valence-corrected chi connectivity index (χ2v) is 3.29. The third-order valence-corrected chi connectivity index (χ3v) is 2.32. The van der Waals surface area contributed by atoms with E-state index in [-0.39, 0.29) is 17.1 Å². The van der Waals surface area contributed by atoms with E-state index in [2.05, 4.69) is 32.9 Å². The average molecular weight is 228 g/mol. The summed E-state index contributed by atoms with van der Waals surface area (Å²) in [5.74, 6) is 0. The van der Waals surface area contributed by atoms with Crippen LogP contribution >= 0.6 is 0 Å². The summed E-state index contributed by atoms with van der Waals surface area (Å²) in [7, 11) is 0. The second kappa shape index (κ2) is 6.64. The van der Waals surface area contributed by atoms with E-state index >= 15 is 0 Å². The minimum Gasteiger partial charge on any atom is -0.748 e. The standard InChI is InChI=1S/C8H11.C5H5.Fe/c1-6-4-5-7(2)8(6)3;1-2-4-5-3-1;/h4-5H,1-3H3;1-5H;/q-1;-5;. The van der Waals surface area contributed by atoms with Crippen molar-refractivity contribution in [2.45, 2.75) is 20.8 Å². The van der Waals surface area contributed by atoms with Crippen LogP contribution in [0.3, 0.4) is 0 Å². The molecule has 0 spiro atoms. The molecule has 0 N–H and O–H groups in total. The molecule has 0 unspecified atom stereocenters. The SMILES string of the molecule is Cc1cc[c-](C)c1C.[Fe].[cH-]1[cH-][cH-][cH-][cH-]1. The van der Waals surface area contributed by atoms with Crippen LogP contribution in [0, 0.1) is 20.8 Å². The van der Waals surface area contributed by atoms with Gasteiger partial charge < -0.3 is 30.3 Å². The third-order valence-electron chi connectivity index (χ3n) is 2.32. The van der Waals surface area contributed by atoms with E-state index in [9.17, 15) is 0 Å². The summed E-state index contributed by atoms with van der Waals surface area (Å²) in [4.78, 5) is 0. The normalized spacial score (nSPS) is 8.50. The quantitative estimate of drug-likeness (QED) is 0.476. The number of rotatable bonds is 0. The van der Waals surface area contributed by atoms with Crippen molar-refractivity contribution in [3.8, 4) is 0 Å². The van der Waals surface area contributed by atoms with Crippen LogP contribution in [-0.4, -0.2) is 0 Å². The summed E-state index contributed by atoms with van der Waals surface area (Å²) < 4.78 is 0. The predicted octanol–water partition coefficient (Wildman–Crippen LogP) is 3.73. The van der Waals surface area contributed by atoms with Crippen LogP contribution in [0.15, 0.2) is 42.5 Å². The van der Waals surface area contributed by atoms with Gasteiger partial charge in [-0.3, -0.25) is 0 Å². The Morgan fingerprint density at radius 1 is 1.00 bits per heavy atom. The number of aryl methyl sites for hydroxylation is 2. The van der Waals surface area contributed by atoms with Crippen molar-refractivity contribution in [2.75, 3.05) is 0 Å². The van der Waals surface area contributed by atoms with E-state index in [0.29, 0.717) is 0 Å². The minimum atomic E-state index is 0. The molecule has 0 bridgehead atoms. The Kier molecular flexibility index (Phi) is 6.27. The Balaban J connectivity index is 0.000000246. The van der Waals surface area contributed by atoms with Gasteiger partial charge >= 0.3 is 0 Å². The maximum atomic E-state index is 2.16. The molecule has 0 fully saturated rings. The van der Waals surface area contributed by atoms with Gasteiger partial charge in [0.15, 0.2) is 0 Å². The van der Waals surface area contributed by atoms with Gasteiger partial charge in [-0.05, 0) is 0 Å². The molecule has 0 nitrogen and oxygen atoms in total. The van der Waals surface area contributed by atoms with Crippen molar-refractivity contribution in [1.29, 1.82) is 0 Å². The first kappa shape index (κ1) is 13.2. The molecule has 0 aliphatic rings. The Labute approximate surface area is 97.2 Å². The first-order valence-corrected chi connectivity index (χ1v) is 4.58. The maximum Gasteiger partial charge on any atom is 0 e. The molecule has 0 aromatic heterocycles. The average Bonchev–Trinajstić information content (AvgIpc) is 2.75. The maximum absolute atomic E-state index is 2.16. The first-order chi connectivity index (χ1) is 6.22. The van der Waals surface area contributed by atoms with Gasteiger partial charge in [-0.1, -0.05) is 20.8 Å². The van der Waals surface area contributed by atoms with Gasteiger partial charge in [0.05, 0.1) is 0 Å². The van der Waals surface area contributed by atoms with Crippen LogP contribution in [0.5, 0.6) is 0 Å². The third kappa shape index (κ3) is 3.95. The molecule has 0 atom stereocenters. The fraction of sp³-hybridized carbons (Fsp3) is 0.231. The molecule has 0 saturated carbocycles. The smallest absolute Gasteiger partial charge is 0 e. The zero-order chi connectivity index (χ0) is 9.68. The van der Waals surface area contributed by atoms with Gasteiger partial charge in [0.25, 0.3) is 0 Å². The van der Waals surface area contributed by atoms with E-state index in [0.717, 1.165) is 0 Å². The predicted molar refractivity (Wildman–Crippen MR) is 58.3 cm³/mol. The molecule has 0 aliphatic heterocycles. The molecule has 14 heavy (non-hydrogen) atoms. The Bertz CT molecular complexity index is 291. The van der Waals surface area contributed by atoms with Crippen molar-refractivity contribution in [1.82, 2.24) is 0 Å².